The van der Waals surface area contributed by atoms with Crippen LogP contribution in [0.2, 0.25) is 0 Å². The standard InChI is InChI=1S/C24H23NO3/c1-18-12-14-20(15-13-18)25-24(28-21-8-5-4-6-9-21)19(2)17-27-23-11-7-10-22(16-23)26-3/h4-17H,1-3H3/b19-17+,25-24-. The van der Waals surface area contributed by atoms with Gasteiger partial charge < -0.3 is 14.2 Å². The Morgan fingerprint density at radius 1 is 0.821 bits per heavy atom. The number of rotatable bonds is 6. The van der Waals surface area contributed by atoms with Crippen LogP contribution in [0, 0.1) is 6.92 Å². The first-order valence-corrected chi connectivity index (χ1v) is 9.00. The molecular formula is C24H23NO3. The van der Waals surface area contributed by atoms with Crippen LogP contribution in [-0.4, -0.2) is 13.0 Å². The highest BCUT2D eigenvalue weighted by atomic mass is 16.5. The summed E-state index contributed by atoms with van der Waals surface area (Å²) in [5.74, 6) is 2.59. The van der Waals surface area contributed by atoms with E-state index in [1.54, 1.807) is 13.4 Å². The lowest BCUT2D eigenvalue weighted by atomic mass is 10.2. The first-order valence-electron chi connectivity index (χ1n) is 9.00. The maximum atomic E-state index is 6.02. The van der Waals surface area contributed by atoms with Crippen LogP contribution in [0.15, 0.2) is 95.7 Å². The summed E-state index contributed by atoms with van der Waals surface area (Å²) in [5.41, 5.74) is 2.75. The van der Waals surface area contributed by atoms with Gasteiger partial charge in [-0.1, -0.05) is 42.0 Å². The molecule has 0 radical (unpaired) electrons. The molecule has 0 saturated heterocycles. The lowest BCUT2D eigenvalue weighted by molar-refractivity contribution is 0.408. The zero-order chi connectivity index (χ0) is 19.8. The molecule has 0 aliphatic heterocycles. The third-order valence-corrected chi connectivity index (χ3v) is 3.97. The normalized spacial score (nSPS) is 11.8. The molecule has 3 rings (SSSR count). The Bertz CT molecular complexity index is 961. The van der Waals surface area contributed by atoms with Gasteiger partial charge in [-0.3, -0.25) is 0 Å². The molecule has 0 bridgehead atoms. The van der Waals surface area contributed by atoms with Gasteiger partial charge in [-0.05, 0) is 50.2 Å². The van der Waals surface area contributed by atoms with E-state index in [9.17, 15) is 0 Å². The van der Waals surface area contributed by atoms with Crippen LogP contribution in [0.5, 0.6) is 17.2 Å². The third-order valence-electron chi connectivity index (χ3n) is 3.97. The van der Waals surface area contributed by atoms with Crippen molar-refractivity contribution >= 4 is 11.6 Å². The van der Waals surface area contributed by atoms with E-state index in [0.29, 0.717) is 17.4 Å². The summed E-state index contributed by atoms with van der Waals surface area (Å²) in [5, 5.41) is 0. The zero-order valence-corrected chi connectivity index (χ0v) is 16.3. The van der Waals surface area contributed by atoms with Crippen LogP contribution >= 0.6 is 0 Å². The van der Waals surface area contributed by atoms with Gasteiger partial charge in [-0.2, -0.15) is 0 Å². The second-order valence-corrected chi connectivity index (χ2v) is 6.27. The van der Waals surface area contributed by atoms with E-state index in [1.165, 1.54) is 5.56 Å². The summed E-state index contributed by atoms with van der Waals surface area (Å²) in [6.45, 7) is 3.94. The average molecular weight is 373 g/mol. The van der Waals surface area contributed by atoms with Crippen LogP contribution in [0.4, 0.5) is 5.69 Å². The Labute approximate surface area is 165 Å². The first kappa shape index (κ1) is 19.2. The number of nitrogens with zero attached hydrogens (tertiary/aromatic N) is 1. The summed E-state index contributed by atoms with van der Waals surface area (Å²) < 4.78 is 17.0. The lowest BCUT2D eigenvalue weighted by Gasteiger charge is -2.10. The van der Waals surface area contributed by atoms with Crippen LogP contribution < -0.4 is 14.2 Å². The van der Waals surface area contributed by atoms with Gasteiger partial charge in [0.2, 0.25) is 5.90 Å². The summed E-state index contributed by atoms with van der Waals surface area (Å²) in [6, 6.07) is 24.9. The Balaban J connectivity index is 1.86. The second-order valence-electron chi connectivity index (χ2n) is 6.27. The van der Waals surface area contributed by atoms with Gasteiger partial charge in [0.05, 0.1) is 19.1 Å². The van der Waals surface area contributed by atoms with Crippen LogP contribution in [0.3, 0.4) is 0 Å². The van der Waals surface area contributed by atoms with E-state index in [-0.39, 0.29) is 0 Å². The highest BCUT2D eigenvalue weighted by Gasteiger charge is 2.08. The van der Waals surface area contributed by atoms with Gasteiger partial charge in [-0.25, -0.2) is 4.99 Å². The molecule has 28 heavy (non-hydrogen) atoms. The molecule has 0 aliphatic rings. The number of hydrogen-bond acceptors (Lipinski definition) is 4. The average Bonchev–Trinajstić information content (AvgIpc) is 2.74. The SMILES string of the molecule is COc1cccc(O/C=C(C)/C(=N/c2ccc(C)cc2)Oc2ccccc2)c1. The molecule has 4 heteroatoms. The molecule has 4 nitrogen and oxygen atoms in total. The minimum Gasteiger partial charge on any atom is -0.497 e. The molecule has 0 N–H and O–H groups in total. The fraction of sp³-hybridized carbons (Fsp3) is 0.125. The molecular weight excluding hydrogens is 350 g/mol. The minimum atomic E-state index is 0.470. The van der Waals surface area contributed by atoms with Crippen molar-refractivity contribution in [3.8, 4) is 17.2 Å². The summed E-state index contributed by atoms with van der Waals surface area (Å²) >= 11 is 0. The van der Waals surface area contributed by atoms with E-state index in [2.05, 4.69) is 4.99 Å². The van der Waals surface area contributed by atoms with Gasteiger partial charge in [-0.15, -0.1) is 0 Å². The Kier molecular flexibility index (Phi) is 6.47. The van der Waals surface area contributed by atoms with Gasteiger partial charge in [0, 0.05) is 11.6 Å². The quantitative estimate of drug-likeness (QED) is 0.298. The molecule has 3 aromatic carbocycles. The third kappa shape index (κ3) is 5.48. The molecule has 0 saturated carbocycles. The van der Waals surface area contributed by atoms with Crippen molar-refractivity contribution in [1.82, 2.24) is 0 Å². The highest BCUT2D eigenvalue weighted by Crippen LogP contribution is 2.21. The fourth-order valence-electron chi connectivity index (χ4n) is 2.41. The lowest BCUT2D eigenvalue weighted by Crippen LogP contribution is -2.10. The number of ether oxygens (including phenoxy) is 3. The van der Waals surface area contributed by atoms with Crippen LogP contribution in [0.25, 0.3) is 0 Å². The van der Waals surface area contributed by atoms with Crippen LogP contribution in [-0.2, 0) is 0 Å². The van der Waals surface area contributed by atoms with Crippen molar-refractivity contribution in [3.63, 3.8) is 0 Å². The number of methoxy groups -OCH3 is 1. The topological polar surface area (TPSA) is 40.0 Å². The predicted molar refractivity (Wildman–Crippen MR) is 113 cm³/mol. The summed E-state index contributed by atoms with van der Waals surface area (Å²) in [7, 11) is 1.63. The van der Waals surface area contributed by atoms with Crippen molar-refractivity contribution in [1.29, 1.82) is 0 Å². The van der Waals surface area contributed by atoms with Crippen molar-refractivity contribution < 1.29 is 14.2 Å². The Morgan fingerprint density at radius 3 is 2.21 bits per heavy atom. The second kappa shape index (κ2) is 9.42. The summed E-state index contributed by atoms with van der Waals surface area (Å²) in [4.78, 5) is 4.66. The smallest absolute Gasteiger partial charge is 0.225 e. The number of aliphatic imine (C=N–C) groups is 1. The fourth-order valence-corrected chi connectivity index (χ4v) is 2.41. The predicted octanol–water partition coefficient (Wildman–Crippen LogP) is 6.10. The van der Waals surface area contributed by atoms with Gasteiger partial charge >= 0.3 is 0 Å². The van der Waals surface area contributed by atoms with Gasteiger partial charge in [0.1, 0.15) is 17.2 Å². The van der Waals surface area contributed by atoms with Crippen molar-refractivity contribution in [2.75, 3.05) is 7.11 Å². The van der Waals surface area contributed by atoms with E-state index < -0.39 is 0 Å². The molecule has 142 valence electrons. The molecule has 0 unspecified atom stereocenters. The largest absolute Gasteiger partial charge is 0.497 e. The number of benzene rings is 3. The Morgan fingerprint density at radius 2 is 1.50 bits per heavy atom. The van der Waals surface area contributed by atoms with E-state index in [0.717, 1.165) is 17.0 Å². The van der Waals surface area contributed by atoms with E-state index in [1.807, 2.05) is 92.7 Å². The minimum absolute atomic E-state index is 0.470. The molecule has 0 aromatic heterocycles. The highest BCUT2D eigenvalue weighted by molar-refractivity contribution is 5.96. The van der Waals surface area contributed by atoms with Crippen molar-refractivity contribution in [2.45, 2.75) is 13.8 Å². The number of aryl methyl sites for hydroxylation is 1. The van der Waals surface area contributed by atoms with Gasteiger partial charge in [0.15, 0.2) is 0 Å². The first-order chi connectivity index (χ1) is 13.6. The van der Waals surface area contributed by atoms with Crippen molar-refractivity contribution in [3.05, 3.63) is 96.3 Å². The van der Waals surface area contributed by atoms with E-state index >= 15 is 0 Å². The van der Waals surface area contributed by atoms with E-state index in [4.69, 9.17) is 14.2 Å². The zero-order valence-electron chi connectivity index (χ0n) is 16.3. The molecule has 0 fully saturated rings. The van der Waals surface area contributed by atoms with Crippen molar-refractivity contribution in [2.24, 2.45) is 4.99 Å². The molecule has 0 aliphatic carbocycles. The molecule has 0 heterocycles. The number of hydrogen-bond donors (Lipinski definition) is 0. The van der Waals surface area contributed by atoms with Gasteiger partial charge in [0.25, 0.3) is 0 Å². The molecule has 0 atom stereocenters. The van der Waals surface area contributed by atoms with Crippen LogP contribution in [0.1, 0.15) is 12.5 Å². The molecule has 0 amide bonds. The summed E-state index contributed by atoms with van der Waals surface area (Å²) in [6.07, 6.45) is 1.63. The maximum absolute atomic E-state index is 6.02. The molecule has 0 spiro atoms. The molecule has 3 aromatic rings. The number of para-hydroxylation sites is 1. The Hall–Kier alpha value is -3.53. The monoisotopic (exact) mass is 373 g/mol. The maximum Gasteiger partial charge on any atom is 0.225 e.